The normalized spacial score (nSPS) is 11.8. The van der Waals surface area contributed by atoms with Crippen LogP contribution in [0.15, 0.2) is 78.9 Å². The molecule has 3 rings (SSSR count). The molecule has 0 aliphatic heterocycles. The summed E-state index contributed by atoms with van der Waals surface area (Å²) in [5.74, 6) is -0.498. The SMILES string of the molecule is CCc1ccc(CCC(=O)N(Cc2ccccc2F)C(Cc2ccccc2)C(=O)NCC(C)C)cc1. The van der Waals surface area contributed by atoms with Gasteiger partial charge in [0.15, 0.2) is 0 Å². The van der Waals surface area contributed by atoms with Gasteiger partial charge in [0.1, 0.15) is 11.9 Å². The van der Waals surface area contributed by atoms with Crippen LogP contribution in [0, 0.1) is 11.7 Å². The van der Waals surface area contributed by atoms with Crippen LogP contribution in [-0.4, -0.2) is 29.3 Å². The molecule has 2 amide bonds. The number of hydrogen-bond donors (Lipinski definition) is 1. The summed E-state index contributed by atoms with van der Waals surface area (Å²) >= 11 is 0. The Morgan fingerprint density at radius 3 is 2.14 bits per heavy atom. The molecule has 3 aromatic carbocycles. The molecule has 0 saturated heterocycles. The van der Waals surface area contributed by atoms with E-state index in [4.69, 9.17) is 0 Å². The van der Waals surface area contributed by atoms with Gasteiger partial charge >= 0.3 is 0 Å². The lowest BCUT2D eigenvalue weighted by Crippen LogP contribution is -2.51. The van der Waals surface area contributed by atoms with Gasteiger partial charge in [0, 0.05) is 31.5 Å². The summed E-state index contributed by atoms with van der Waals surface area (Å²) < 4.78 is 14.6. The molecule has 0 fully saturated rings. The Hall–Kier alpha value is -3.47. The lowest BCUT2D eigenvalue weighted by Gasteiger charge is -2.32. The van der Waals surface area contributed by atoms with Gasteiger partial charge in [-0.2, -0.15) is 0 Å². The standard InChI is InChI=1S/C31H37FN2O2/c1-4-24-14-16-25(17-15-24)18-19-30(35)34(22-27-12-8-9-13-28(27)32)29(31(36)33-21-23(2)3)20-26-10-6-5-7-11-26/h5-17,23,29H,4,18-22H2,1-3H3,(H,33,36). The van der Waals surface area contributed by atoms with Crippen molar-refractivity contribution < 1.29 is 14.0 Å². The number of benzene rings is 3. The second kappa shape index (κ2) is 13.6. The van der Waals surface area contributed by atoms with E-state index in [2.05, 4.69) is 24.4 Å². The number of carbonyl (C=O) groups excluding carboxylic acids is 2. The third-order valence-corrected chi connectivity index (χ3v) is 6.31. The summed E-state index contributed by atoms with van der Waals surface area (Å²) in [5, 5.41) is 3.00. The largest absolute Gasteiger partial charge is 0.354 e. The van der Waals surface area contributed by atoms with E-state index in [9.17, 15) is 14.0 Å². The van der Waals surface area contributed by atoms with Gasteiger partial charge in [0.2, 0.25) is 11.8 Å². The van der Waals surface area contributed by atoms with Crippen LogP contribution in [0.25, 0.3) is 0 Å². The first-order valence-corrected chi connectivity index (χ1v) is 12.8. The predicted octanol–water partition coefficient (Wildman–Crippen LogP) is 5.73. The summed E-state index contributed by atoms with van der Waals surface area (Å²) in [6, 6.07) is 23.6. The second-order valence-corrected chi connectivity index (χ2v) is 9.63. The van der Waals surface area contributed by atoms with Crippen molar-refractivity contribution in [2.24, 2.45) is 5.92 Å². The first-order chi connectivity index (χ1) is 17.4. The van der Waals surface area contributed by atoms with Gasteiger partial charge in [-0.1, -0.05) is 93.6 Å². The van der Waals surface area contributed by atoms with Gasteiger partial charge in [-0.3, -0.25) is 9.59 Å². The fourth-order valence-electron chi connectivity index (χ4n) is 4.12. The molecule has 0 aliphatic rings. The van der Waals surface area contributed by atoms with Gasteiger partial charge in [0.25, 0.3) is 0 Å². The predicted molar refractivity (Wildman–Crippen MR) is 143 cm³/mol. The number of halogens is 1. The molecule has 4 nitrogen and oxygen atoms in total. The molecule has 0 heterocycles. The van der Waals surface area contributed by atoms with Crippen LogP contribution in [0.5, 0.6) is 0 Å². The molecule has 1 atom stereocenters. The smallest absolute Gasteiger partial charge is 0.243 e. The highest BCUT2D eigenvalue weighted by molar-refractivity contribution is 5.88. The zero-order chi connectivity index (χ0) is 25.9. The summed E-state index contributed by atoms with van der Waals surface area (Å²) in [4.78, 5) is 28.6. The van der Waals surface area contributed by atoms with Crippen molar-refractivity contribution in [2.45, 2.75) is 59.0 Å². The van der Waals surface area contributed by atoms with Gasteiger partial charge in [-0.25, -0.2) is 4.39 Å². The molecular formula is C31H37FN2O2. The lowest BCUT2D eigenvalue weighted by atomic mass is 10.0. The van der Waals surface area contributed by atoms with E-state index >= 15 is 0 Å². The summed E-state index contributed by atoms with van der Waals surface area (Å²) in [5.41, 5.74) is 3.66. The number of hydrogen-bond acceptors (Lipinski definition) is 2. The minimum Gasteiger partial charge on any atom is -0.354 e. The first kappa shape index (κ1) is 27.1. The third-order valence-electron chi connectivity index (χ3n) is 6.31. The van der Waals surface area contributed by atoms with E-state index in [0.29, 0.717) is 24.9 Å². The molecule has 1 N–H and O–H groups in total. The van der Waals surface area contributed by atoms with Crippen LogP contribution < -0.4 is 5.32 Å². The average molecular weight is 489 g/mol. The van der Waals surface area contributed by atoms with E-state index in [0.717, 1.165) is 17.5 Å². The van der Waals surface area contributed by atoms with Crippen LogP contribution in [0.4, 0.5) is 4.39 Å². The molecule has 36 heavy (non-hydrogen) atoms. The van der Waals surface area contributed by atoms with Crippen molar-refractivity contribution in [1.29, 1.82) is 0 Å². The van der Waals surface area contributed by atoms with Gasteiger partial charge < -0.3 is 10.2 Å². The van der Waals surface area contributed by atoms with Gasteiger partial charge in [-0.15, -0.1) is 0 Å². The highest BCUT2D eigenvalue weighted by Gasteiger charge is 2.30. The van der Waals surface area contributed by atoms with E-state index in [1.165, 1.54) is 11.6 Å². The van der Waals surface area contributed by atoms with Crippen LogP contribution in [-0.2, 0) is 35.4 Å². The maximum absolute atomic E-state index is 14.6. The molecular weight excluding hydrogens is 451 g/mol. The van der Waals surface area contributed by atoms with Crippen LogP contribution in [0.2, 0.25) is 0 Å². The van der Waals surface area contributed by atoms with Crippen molar-refractivity contribution >= 4 is 11.8 Å². The monoisotopic (exact) mass is 488 g/mol. The maximum atomic E-state index is 14.6. The molecule has 0 spiro atoms. The Kier molecular flexibility index (Phi) is 10.2. The quantitative estimate of drug-likeness (QED) is 0.354. The topological polar surface area (TPSA) is 49.4 Å². The molecule has 0 saturated carbocycles. The zero-order valence-corrected chi connectivity index (χ0v) is 21.5. The Bertz CT molecular complexity index is 1110. The average Bonchev–Trinajstić information content (AvgIpc) is 2.89. The number of amides is 2. The molecule has 3 aromatic rings. The van der Waals surface area contributed by atoms with Crippen LogP contribution >= 0.6 is 0 Å². The molecule has 0 aliphatic carbocycles. The highest BCUT2D eigenvalue weighted by Crippen LogP contribution is 2.19. The van der Waals surface area contributed by atoms with E-state index in [-0.39, 0.29) is 36.5 Å². The Morgan fingerprint density at radius 2 is 1.50 bits per heavy atom. The van der Waals surface area contributed by atoms with Crippen molar-refractivity contribution in [1.82, 2.24) is 10.2 Å². The second-order valence-electron chi connectivity index (χ2n) is 9.63. The lowest BCUT2D eigenvalue weighted by molar-refractivity contribution is -0.141. The number of aryl methyl sites for hydroxylation is 2. The molecule has 5 heteroatoms. The fraction of sp³-hybridized carbons (Fsp3) is 0.355. The van der Waals surface area contributed by atoms with Crippen molar-refractivity contribution in [2.75, 3.05) is 6.54 Å². The number of rotatable bonds is 12. The molecule has 1 unspecified atom stereocenters. The van der Waals surface area contributed by atoms with E-state index in [1.54, 1.807) is 23.1 Å². The van der Waals surface area contributed by atoms with Crippen LogP contribution in [0.3, 0.4) is 0 Å². The zero-order valence-electron chi connectivity index (χ0n) is 21.5. The van der Waals surface area contributed by atoms with Crippen molar-refractivity contribution in [3.05, 3.63) is 107 Å². The number of nitrogens with zero attached hydrogens (tertiary/aromatic N) is 1. The Morgan fingerprint density at radius 1 is 0.861 bits per heavy atom. The molecule has 0 radical (unpaired) electrons. The van der Waals surface area contributed by atoms with Crippen LogP contribution in [0.1, 0.15) is 49.4 Å². The Labute approximate surface area is 214 Å². The van der Waals surface area contributed by atoms with E-state index < -0.39 is 6.04 Å². The fourth-order valence-corrected chi connectivity index (χ4v) is 4.12. The van der Waals surface area contributed by atoms with Crippen molar-refractivity contribution in [3.63, 3.8) is 0 Å². The summed E-state index contributed by atoms with van der Waals surface area (Å²) in [6.45, 7) is 6.70. The minimum atomic E-state index is -0.749. The minimum absolute atomic E-state index is 0.0346. The Balaban J connectivity index is 1.89. The van der Waals surface area contributed by atoms with Gasteiger partial charge in [0.05, 0.1) is 0 Å². The summed E-state index contributed by atoms with van der Waals surface area (Å²) in [7, 11) is 0. The van der Waals surface area contributed by atoms with Crippen molar-refractivity contribution in [3.8, 4) is 0 Å². The number of carbonyl (C=O) groups is 2. The molecule has 0 aromatic heterocycles. The maximum Gasteiger partial charge on any atom is 0.243 e. The van der Waals surface area contributed by atoms with E-state index in [1.807, 2.05) is 56.3 Å². The molecule has 190 valence electrons. The number of nitrogens with one attached hydrogen (secondary N) is 1. The van der Waals surface area contributed by atoms with Gasteiger partial charge in [-0.05, 0) is 41.5 Å². The summed E-state index contributed by atoms with van der Waals surface area (Å²) in [6.07, 6.45) is 2.11. The highest BCUT2D eigenvalue weighted by atomic mass is 19.1. The molecule has 0 bridgehead atoms. The third kappa shape index (κ3) is 8.04. The first-order valence-electron chi connectivity index (χ1n) is 12.8.